The summed E-state index contributed by atoms with van der Waals surface area (Å²) in [5.74, 6) is -9.68. The summed E-state index contributed by atoms with van der Waals surface area (Å²) in [4.78, 5) is 66.6. The van der Waals surface area contributed by atoms with Gasteiger partial charge in [0, 0.05) is 18.5 Å². The third-order valence-corrected chi connectivity index (χ3v) is 9.18. The van der Waals surface area contributed by atoms with E-state index in [1.807, 2.05) is 13.8 Å². The molecule has 0 bridgehead atoms. The second kappa shape index (κ2) is 10.0. The Hall–Kier alpha value is -2.57. The molecule has 0 aromatic carbocycles. The molecule has 230 valence electrons. The molecule has 0 aromatic rings. The maximum atomic E-state index is 14.0. The summed E-state index contributed by atoms with van der Waals surface area (Å²) in [7, 11) is 0. The Morgan fingerprint density at radius 3 is 2.17 bits per heavy atom. The monoisotopic (exact) mass is 605 g/mol. The zero-order valence-corrected chi connectivity index (χ0v) is 25.1. The fourth-order valence-corrected chi connectivity index (χ4v) is 6.56. The van der Waals surface area contributed by atoms with Crippen molar-refractivity contribution in [1.29, 1.82) is 0 Å². The van der Waals surface area contributed by atoms with Crippen LogP contribution in [-0.2, 0) is 24.0 Å². The first-order chi connectivity index (χ1) is 18.6. The van der Waals surface area contributed by atoms with E-state index in [1.165, 1.54) is 4.90 Å². The van der Waals surface area contributed by atoms with Gasteiger partial charge in [0.2, 0.25) is 17.7 Å². The molecule has 4 rings (SSSR count). The van der Waals surface area contributed by atoms with Crippen LogP contribution in [0.2, 0.25) is 0 Å². The van der Waals surface area contributed by atoms with Gasteiger partial charge in [-0.3, -0.25) is 29.4 Å². The average Bonchev–Trinajstić information content (AvgIpc) is 3.43. The Balaban J connectivity index is 1.56. The highest BCUT2D eigenvalue weighted by molar-refractivity contribution is 6.29. The van der Waals surface area contributed by atoms with Crippen molar-refractivity contribution in [1.82, 2.24) is 26.0 Å². The standard InChI is InChI=1S/C27H39ClF3N5O5/c1-24(2,3)17(32-20(38)13-9-27(13,30)31)22(40)35-11-14-15(26(14,6)7)16(35)21(39)34-36(23(41)18(28)29)10-12-8-25(4,5)33-19(12)37/h12-18H,8-11H2,1-7H3,(H,32,38)(H,33,37)(H,34,39)/t12-,13+,14+,15+,16+,17-,18-/m1/s1. The van der Waals surface area contributed by atoms with Crippen molar-refractivity contribution in [2.75, 3.05) is 13.1 Å². The molecule has 10 nitrogen and oxygen atoms in total. The highest BCUT2D eigenvalue weighted by atomic mass is 35.5. The van der Waals surface area contributed by atoms with Gasteiger partial charge in [-0.05, 0) is 42.9 Å². The number of hydrogen-bond acceptors (Lipinski definition) is 5. The Bertz CT molecular complexity index is 1160. The van der Waals surface area contributed by atoms with E-state index in [0.717, 1.165) is 0 Å². The number of likely N-dealkylation sites (tertiary alicyclic amines) is 1. The average molecular weight is 606 g/mol. The first kappa shape index (κ1) is 31.4. The number of amides is 5. The Kier molecular flexibility index (Phi) is 7.66. The lowest BCUT2D eigenvalue weighted by Gasteiger charge is -2.38. The van der Waals surface area contributed by atoms with Crippen LogP contribution in [0.4, 0.5) is 13.2 Å². The molecule has 2 saturated heterocycles. The summed E-state index contributed by atoms with van der Waals surface area (Å²) < 4.78 is 41.1. The molecule has 2 aliphatic heterocycles. The zero-order valence-electron chi connectivity index (χ0n) is 24.3. The number of nitrogens with zero attached hydrogens (tertiary/aromatic N) is 2. The van der Waals surface area contributed by atoms with Gasteiger partial charge >= 0.3 is 0 Å². The van der Waals surface area contributed by atoms with Crippen LogP contribution in [-0.4, -0.2) is 81.7 Å². The summed E-state index contributed by atoms with van der Waals surface area (Å²) in [6, 6.07) is -2.30. The molecule has 5 amide bonds. The van der Waals surface area contributed by atoms with Crippen LogP contribution in [0.15, 0.2) is 0 Å². The number of nitrogens with one attached hydrogen (secondary N) is 3. The molecule has 4 fully saturated rings. The highest BCUT2D eigenvalue weighted by Gasteiger charge is 2.70. The normalized spacial score (nSPS) is 31.8. The van der Waals surface area contributed by atoms with Crippen LogP contribution in [0, 0.1) is 34.5 Å². The van der Waals surface area contributed by atoms with Crippen molar-refractivity contribution < 1.29 is 37.1 Å². The summed E-state index contributed by atoms with van der Waals surface area (Å²) >= 11 is 5.43. The van der Waals surface area contributed by atoms with Crippen LogP contribution in [0.5, 0.6) is 0 Å². The maximum absolute atomic E-state index is 14.0. The van der Waals surface area contributed by atoms with Crippen molar-refractivity contribution in [3.8, 4) is 0 Å². The van der Waals surface area contributed by atoms with Crippen LogP contribution in [0.1, 0.15) is 61.3 Å². The number of fused-ring (bicyclic) bond motifs is 1. The Morgan fingerprint density at radius 1 is 1.12 bits per heavy atom. The Labute approximate surface area is 242 Å². The molecule has 0 aromatic heterocycles. The van der Waals surface area contributed by atoms with E-state index >= 15 is 0 Å². The molecule has 14 heteroatoms. The summed E-state index contributed by atoms with van der Waals surface area (Å²) in [5, 5.41) is 5.95. The molecule has 0 radical (unpaired) electrons. The quantitative estimate of drug-likeness (QED) is 0.302. The van der Waals surface area contributed by atoms with Gasteiger partial charge < -0.3 is 15.5 Å². The predicted molar refractivity (Wildman–Crippen MR) is 142 cm³/mol. The molecule has 0 spiro atoms. The predicted octanol–water partition coefficient (Wildman–Crippen LogP) is 1.96. The second-order valence-corrected chi connectivity index (χ2v) is 14.6. The minimum atomic E-state index is -3.12. The van der Waals surface area contributed by atoms with Crippen molar-refractivity contribution in [2.45, 2.75) is 90.5 Å². The van der Waals surface area contributed by atoms with Crippen LogP contribution in [0.3, 0.4) is 0 Å². The minimum absolute atomic E-state index is 0.0706. The van der Waals surface area contributed by atoms with Gasteiger partial charge in [-0.25, -0.2) is 18.2 Å². The molecule has 0 unspecified atom stereocenters. The molecule has 4 aliphatic rings. The van der Waals surface area contributed by atoms with E-state index in [0.29, 0.717) is 11.4 Å². The molecule has 41 heavy (non-hydrogen) atoms. The SMILES string of the molecule is CC1(C)C[C@H](CN(NC(=O)[C@@H]2[C@@H]3[C@H](CN2C(=O)[C@@H](NC(=O)[C@@H]2CC2(F)F)C(C)(C)C)C3(C)C)C(=O)[C@@H](F)Cl)C(=O)N1. The van der Waals surface area contributed by atoms with Crippen LogP contribution < -0.4 is 16.1 Å². The second-order valence-electron chi connectivity index (χ2n) is 14.2. The smallest absolute Gasteiger partial charge is 0.291 e. The van der Waals surface area contributed by atoms with Gasteiger partial charge in [0.15, 0.2) is 0 Å². The van der Waals surface area contributed by atoms with Gasteiger partial charge in [-0.1, -0.05) is 46.2 Å². The van der Waals surface area contributed by atoms with Crippen molar-refractivity contribution in [3.05, 3.63) is 0 Å². The number of piperidine rings is 1. The van der Waals surface area contributed by atoms with Gasteiger partial charge in [0.25, 0.3) is 23.4 Å². The first-order valence-electron chi connectivity index (χ1n) is 13.8. The summed E-state index contributed by atoms with van der Waals surface area (Å²) in [5.41, 5.74) is -1.84. The third kappa shape index (κ3) is 6.01. The first-order valence-corrected chi connectivity index (χ1v) is 14.2. The lowest BCUT2D eigenvalue weighted by atomic mass is 9.85. The van der Waals surface area contributed by atoms with Crippen LogP contribution >= 0.6 is 11.6 Å². The number of alkyl halides is 4. The van der Waals surface area contributed by atoms with E-state index in [9.17, 15) is 37.1 Å². The van der Waals surface area contributed by atoms with E-state index in [4.69, 9.17) is 11.6 Å². The van der Waals surface area contributed by atoms with Gasteiger partial charge in [0.1, 0.15) is 18.0 Å². The van der Waals surface area contributed by atoms with Gasteiger partial charge in [-0.15, -0.1) is 0 Å². The van der Waals surface area contributed by atoms with E-state index in [1.54, 1.807) is 34.6 Å². The Morgan fingerprint density at radius 2 is 1.71 bits per heavy atom. The van der Waals surface area contributed by atoms with Crippen molar-refractivity contribution in [2.24, 2.45) is 34.5 Å². The molecule has 2 heterocycles. The number of carbonyl (C=O) groups excluding carboxylic acids is 5. The van der Waals surface area contributed by atoms with Gasteiger partial charge in [-0.2, -0.15) is 0 Å². The summed E-state index contributed by atoms with van der Waals surface area (Å²) in [6.07, 6.45) is -0.267. The van der Waals surface area contributed by atoms with Gasteiger partial charge in [0.05, 0.1) is 12.5 Å². The summed E-state index contributed by atoms with van der Waals surface area (Å²) in [6.45, 7) is 12.3. The highest BCUT2D eigenvalue weighted by Crippen LogP contribution is 2.65. The fraction of sp³-hybridized carbons (Fsp3) is 0.815. The lowest BCUT2D eigenvalue weighted by Crippen LogP contribution is -2.61. The molecule has 7 atom stereocenters. The molecular formula is C27H39ClF3N5O5. The van der Waals surface area contributed by atoms with E-state index in [2.05, 4.69) is 16.1 Å². The molecule has 2 aliphatic carbocycles. The lowest BCUT2D eigenvalue weighted by molar-refractivity contribution is -0.151. The van der Waals surface area contributed by atoms with Crippen LogP contribution in [0.25, 0.3) is 0 Å². The van der Waals surface area contributed by atoms with E-state index < -0.39 is 76.5 Å². The number of halogens is 4. The van der Waals surface area contributed by atoms with Crippen molar-refractivity contribution >= 4 is 41.1 Å². The topological polar surface area (TPSA) is 128 Å². The van der Waals surface area contributed by atoms with Crippen molar-refractivity contribution in [3.63, 3.8) is 0 Å². The largest absolute Gasteiger partial charge is 0.351 e. The number of carbonyl (C=O) groups is 5. The maximum Gasteiger partial charge on any atom is 0.291 e. The number of hydrazine groups is 1. The zero-order chi connectivity index (χ0) is 31.0. The molecule has 2 saturated carbocycles. The van der Waals surface area contributed by atoms with E-state index in [-0.39, 0.29) is 36.2 Å². The molecular weight excluding hydrogens is 567 g/mol. The number of rotatable bonds is 7. The minimum Gasteiger partial charge on any atom is -0.351 e. The number of hydrogen-bond donors (Lipinski definition) is 3. The fourth-order valence-electron chi connectivity index (χ4n) is 6.44. The third-order valence-electron chi connectivity index (χ3n) is 8.99. The molecule has 3 N–H and O–H groups in total.